The molecule has 0 saturated heterocycles. The van der Waals surface area contributed by atoms with Crippen LogP contribution in [0.25, 0.3) is 20.8 Å². The van der Waals surface area contributed by atoms with Crippen LogP contribution in [0.5, 0.6) is 17.2 Å². The lowest BCUT2D eigenvalue weighted by molar-refractivity contribution is -0.134. The van der Waals surface area contributed by atoms with Gasteiger partial charge in [0.1, 0.15) is 10.8 Å². The zero-order valence-corrected chi connectivity index (χ0v) is 19.4. The number of thiazole rings is 1. The standard InChI is InChI=1S/C26H24N2O4S/c1-30-22-13-18-11-12-28(15-19(18)14-23(22)31-2)25(29)16-32-20-9-7-17(8-10-20)26-27-21-5-3-4-6-24(21)33-26/h3-10,13-14H,11-12,15-16H2,1-2H3. The summed E-state index contributed by atoms with van der Waals surface area (Å²) in [5.74, 6) is 2.02. The molecule has 0 N–H and O–H groups in total. The van der Waals surface area contributed by atoms with Gasteiger partial charge in [0.05, 0.1) is 24.4 Å². The third kappa shape index (κ3) is 4.36. The Bertz CT molecular complexity index is 1270. The normalized spacial score (nSPS) is 13.0. The molecule has 3 aromatic carbocycles. The first-order valence-corrected chi connectivity index (χ1v) is 11.6. The molecule has 1 aliphatic heterocycles. The minimum Gasteiger partial charge on any atom is -0.493 e. The summed E-state index contributed by atoms with van der Waals surface area (Å²) in [6.45, 7) is 1.19. The molecule has 0 radical (unpaired) electrons. The molecule has 0 saturated carbocycles. The fourth-order valence-corrected chi connectivity index (χ4v) is 4.99. The van der Waals surface area contributed by atoms with Crippen LogP contribution in [0.4, 0.5) is 0 Å². The summed E-state index contributed by atoms with van der Waals surface area (Å²) in [6, 6.07) is 19.8. The van der Waals surface area contributed by atoms with Gasteiger partial charge in [0.2, 0.25) is 0 Å². The van der Waals surface area contributed by atoms with Crippen molar-refractivity contribution < 1.29 is 19.0 Å². The number of rotatable bonds is 6. The van der Waals surface area contributed by atoms with Gasteiger partial charge in [-0.1, -0.05) is 12.1 Å². The topological polar surface area (TPSA) is 60.9 Å². The second-order valence-electron chi connectivity index (χ2n) is 7.84. The molecular weight excluding hydrogens is 436 g/mol. The van der Waals surface area contributed by atoms with Crippen LogP contribution >= 0.6 is 11.3 Å². The number of hydrogen-bond acceptors (Lipinski definition) is 6. The van der Waals surface area contributed by atoms with E-state index in [0.717, 1.165) is 32.8 Å². The minimum atomic E-state index is -0.0364. The number of nitrogens with zero attached hydrogens (tertiary/aromatic N) is 2. The van der Waals surface area contributed by atoms with Crippen molar-refractivity contribution in [1.29, 1.82) is 0 Å². The first-order chi connectivity index (χ1) is 16.1. The minimum absolute atomic E-state index is 0.00308. The Labute approximate surface area is 196 Å². The van der Waals surface area contributed by atoms with E-state index in [1.807, 2.05) is 59.5 Å². The number of aromatic nitrogens is 1. The lowest BCUT2D eigenvalue weighted by atomic mass is 9.99. The number of hydrogen-bond donors (Lipinski definition) is 0. The number of carbonyl (C=O) groups is 1. The van der Waals surface area contributed by atoms with E-state index in [1.54, 1.807) is 25.6 Å². The third-order valence-electron chi connectivity index (χ3n) is 5.83. The van der Waals surface area contributed by atoms with Crippen molar-refractivity contribution in [2.24, 2.45) is 0 Å². The average molecular weight is 461 g/mol. The number of amides is 1. The summed E-state index contributed by atoms with van der Waals surface area (Å²) in [5.41, 5.74) is 4.30. The van der Waals surface area contributed by atoms with Gasteiger partial charge in [-0.15, -0.1) is 11.3 Å². The van der Waals surface area contributed by atoms with Crippen LogP contribution in [0.1, 0.15) is 11.1 Å². The zero-order chi connectivity index (χ0) is 22.8. The SMILES string of the molecule is COc1cc2c(cc1OC)CN(C(=O)COc1ccc(-c3nc4ccccc4s3)cc1)CC2. The van der Waals surface area contributed by atoms with E-state index in [-0.39, 0.29) is 12.5 Å². The molecular formula is C26H24N2O4S. The second kappa shape index (κ2) is 9.11. The van der Waals surface area contributed by atoms with E-state index < -0.39 is 0 Å². The van der Waals surface area contributed by atoms with Crippen molar-refractivity contribution in [3.8, 4) is 27.8 Å². The zero-order valence-electron chi connectivity index (χ0n) is 18.5. The molecule has 0 spiro atoms. The molecule has 1 aliphatic rings. The Morgan fingerprint density at radius 3 is 2.45 bits per heavy atom. The molecule has 0 bridgehead atoms. The van der Waals surface area contributed by atoms with Crippen LogP contribution in [0.3, 0.4) is 0 Å². The van der Waals surface area contributed by atoms with E-state index in [2.05, 4.69) is 11.1 Å². The number of ether oxygens (including phenoxy) is 3. The predicted molar refractivity (Wildman–Crippen MR) is 129 cm³/mol. The van der Waals surface area contributed by atoms with E-state index in [0.29, 0.717) is 30.3 Å². The maximum Gasteiger partial charge on any atom is 0.260 e. The fourth-order valence-electron chi connectivity index (χ4n) is 4.02. The highest BCUT2D eigenvalue weighted by Crippen LogP contribution is 2.33. The van der Waals surface area contributed by atoms with Crippen LogP contribution in [0.2, 0.25) is 0 Å². The Hall–Kier alpha value is -3.58. The lowest BCUT2D eigenvalue weighted by Crippen LogP contribution is -2.38. The van der Waals surface area contributed by atoms with Crippen molar-refractivity contribution in [2.75, 3.05) is 27.4 Å². The van der Waals surface area contributed by atoms with Gasteiger partial charge in [0.15, 0.2) is 18.1 Å². The number of benzene rings is 3. The quantitative estimate of drug-likeness (QED) is 0.408. The van der Waals surface area contributed by atoms with E-state index in [9.17, 15) is 4.79 Å². The molecule has 7 heteroatoms. The predicted octanol–water partition coefficient (Wildman–Crippen LogP) is 4.94. The summed E-state index contributed by atoms with van der Waals surface area (Å²) in [5, 5.41) is 0.970. The van der Waals surface area contributed by atoms with Crippen molar-refractivity contribution in [1.82, 2.24) is 9.88 Å². The summed E-state index contributed by atoms with van der Waals surface area (Å²) in [7, 11) is 3.25. The molecule has 2 heterocycles. The molecule has 1 aromatic heterocycles. The lowest BCUT2D eigenvalue weighted by Gasteiger charge is -2.29. The molecule has 1 amide bonds. The molecule has 5 rings (SSSR count). The first-order valence-electron chi connectivity index (χ1n) is 10.7. The number of fused-ring (bicyclic) bond motifs is 2. The highest BCUT2D eigenvalue weighted by molar-refractivity contribution is 7.21. The largest absolute Gasteiger partial charge is 0.493 e. The molecule has 0 aliphatic carbocycles. The molecule has 0 fully saturated rings. The Balaban J connectivity index is 1.21. The molecule has 168 valence electrons. The second-order valence-corrected chi connectivity index (χ2v) is 8.87. The third-order valence-corrected chi connectivity index (χ3v) is 6.91. The van der Waals surface area contributed by atoms with Crippen LogP contribution in [0.15, 0.2) is 60.7 Å². The van der Waals surface area contributed by atoms with Crippen molar-refractivity contribution in [3.05, 3.63) is 71.8 Å². The van der Waals surface area contributed by atoms with Gasteiger partial charge in [0, 0.05) is 18.7 Å². The average Bonchev–Trinajstić information content (AvgIpc) is 3.30. The van der Waals surface area contributed by atoms with Gasteiger partial charge in [-0.05, 0) is 66.1 Å². The fraction of sp³-hybridized carbons (Fsp3) is 0.231. The maximum absolute atomic E-state index is 12.8. The Morgan fingerprint density at radius 2 is 1.73 bits per heavy atom. The highest BCUT2D eigenvalue weighted by atomic mass is 32.1. The van der Waals surface area contributed by atoms with Gasteiger partial charge in [0.25, 0.3) is 5.91 Å². The van der Waals surface area contributed by atoms with Gasteiger partial charge in [-0.25, -0.2) is 4.98 Å². The molecule has 4 aromatic rings. The molecule has 0 unspecified atom stereocenters. The van der Waals surface area contributed by atoms with Crippen LogP contribution < -0.4 is 14.2 Å². The van der Waals surface area contributed by atoms with E-state index in [4.69, 9.17) is 14.2 Å². The smallest absolute Gasteiger partial charge is 0.260 e. The summed E-state index contributed by atoms with van der Waals surface area (Å²) < 4.78 is 17.7. The molecule has 0 atom stereocenters. The van der Waals surface area contributed by atoms with Crippen LogP contribution in [-0.4, -0.2) is 43.2 Å². The van der Waals surface area contributed by atoms with Crippen molar-refractivity contribution >= 4 is 27.5 Å². The number of carbonyl (C=O) groups excluding carboxylic acids is 1. The van der Waals surface area contributed by atoms with Crippen molar-refractivity contribution in [2.45, 2.75) is 13.0 Å². The Morgan fingerprint density at radius 1 is 1.00 bits per heavy atom. The molecule has 6 nitrogen and oxygen atoms in total. The number of methoxy groups -OCH3 is 2. The molecule has 33 heavy (non-hydrogen) atoms. The van der Waals surface area contributed by atoms with E-state index >= 15 is 0 Å². The van der Waals surface area contributed by atoms with E-state index in [1.165, 1.54) is 5.56 Å². The van der Waals surface area contributed by atoms with Crippen molar-refractivity contribution in [3.63, 3.8) is 0 Å². The van der Waals surface area contributed by atoms with Crippen LogP contribution in [0, 0.1) is 0 Å². The Kier molecular flexibility index (Phi) is 5.88. The van der Waals surface area contributed by atoms with Gasteiger partial charge < -0.3 is 19.1 Å². The van der Waals surface area contributed by atoms with Gasteiger partial charge in [-0.3, -0.25) is 4.79 Å². The highest BCUT2D eigenvalue weighted by Gasteiger charge is 2.23. The first kappa shape index (κ1) is 21.3. The summed E-state index contributed by atoms with van der Waals surface area (Å²) >= 11 is 1.66. The van der Waals surface area contributed by atoms with Gasteiger partial charge >= 0.3 is 0 Å². The summed E-state index contributed by atoms with van der Waals surface area (Å²) in [6.07, 6.45) is 0.776. The number of para-hydroxylation sites is 1. The monoisotopic (exact) mass is 460 g/mol. The van der Waals surface area contributed by atoms with Gasteiger partial charge in [-0.2, -0.15) is 0 Å². The van der Waals surface area contributed by atoms with Crippen LogP contribution in [-0.2, 0) is 17.8 Å². The summed E-state index contributed by atoms with van der Waals surface area (Å²) in [4.78, 5) is 19.3. The maximum atomic E-state index is 12.8.